The van der Waals surface area contributed by atoms with Gasteiger partial charge in [-0.1, -0.05) is 30.3 Å². The van der Waals surface area contributed by atoms with Crippen molar-refractivity contribution in [1.29, 1.82) is 0 Å². The SMILES string of the molecule is CN(C)c1ccc(C=NNC(=O)CN(C)c2ccccc2)cc1. The van der Waals surface area contributed by atoms with E-state index in [1.165, 1.54) is 0 Å². The molecule has 5 nitrogen and oxygen atoms in total. The van der Waals surface area contributed by atoms with Crippen LogP contribution in [0.3, 0.4) is 0 Å². The zero-order valence-electron chi connectivity index (χ0n) is 13.7. The molecule has 1 amide bonds. The number of hydrogen-bond donors (Lipinski definition) is 1. The average Bonchev–Trinajstić information content (AvgIpc) is 2.56. The first-order valence-electron chi connectivity index (χ1n) is 7.42. The maximum Gasteiger partial charge on any atom is 0.259 e. The Kier molecular flexibility index (Phi) is 5.74. The fraction of sp³-hybridized carbons (Fsp3) is 0.222. The second-order valence-corrected chi connectivity index (χ2v) is 5.47. The molecule has 0 unspecified atom stereocenters. The lowest BCUT2D eigenvalue weighted by Gasteiger charge is -2.17. The number of rotatable bonds is 6. The summed E-state index contributed by atoms with van der Waals surface area (Å²) < 4.78 is 0. The first kappa shape index (κ1) is 16.5. The average molecular weight is 310 g/mol. The summed E-state index contributed by atoms with van der Waals surface area (Å²) in [5.41, 5.74) is 5.60. The molecule has 23 heavy (non-hydrogen) atoms. The molecule has 0 aliphatic carbocycles. The Hall–Kier alpha value is -2.82. The lowest BCUT2D eigenvalue weighted by Crippen LogP contribution is -2.32. The molecule has 2 aromatic carbocycles. The van der Waals surface area contributed by atoms with Gasteiger partial charge >= 0.3 is 0 Å². The molecular formula is C18H22N4O. The van der Waals surface area contributed by atoms with E-state index in [0.717, 1.165) is 16.9 Å². The van der Waals surface area contributed by atoms with Crippen molar-refractivity contribution in [2.75, 3.05) is 37.5 Å². The topological polar surface area (TPSA) is 47.9 Å². The van der Waals surface area contributed by atoms with Gasteiger partial charge in [0.2, 0.25) is 0 Å². The third kappa shape index (κ3) is 5.14. The number of amides is 1. The molecule has 0 aliphatic heterocycles. The number of carbonyl (C=O) groups excluding carboxylic acids is 1. The second-order valence-electron chi connectivity index (χ2n) is 5.47. The summed E-state index contributed by atoms with van der Waals surface area (Å²) in [5, 5.41) is 4.00. The van der Waals surface area contributed by atoms with Crippen LogP contribution in [0.25, 0.3) is 0 Å². The van der Waals surface area contributed by atoms with Crippen molar-refractivity contribution in [3.05, 3.63) is 60.2 Å². The number of para-hydroxylation sites is 1. The molecule has 0 spiro atoms. The molecule has 0 saturated heterocycles. The summed E-state index contributed by atoms with van der Waals surface area (Å²) in [7, 11) is 5.86. The van der Waals surface area contributed by atoms with Crippen molar-refractivity contribution in [3.8, 4) is 0 Å². The van der Waals surface area contributed by atoms with Crippen molar-refractivity contribution >= 4 is 23.5 Å². The van der Waals surface area contributed by atoms with Crippen molar-refractivity contribution in [2.45, 2.75) is 0 Å². The molecule has 120 valence electrons. The van der Waals surface area contributed by atoms with Gasteiger partial charge in [-0.2, -0.15) is 5.10 Å². The Morgan fingerprint density at radius 1 is 1.00 bits per heavy atom. The fourth-order valence-corrected chi connectivity index (χ4v) is 2.06. The third-order valence-electron chi connectivity index (χ3n) is 3.39. The monoisotopic (exact) mass is 310 g/mol. The molecule has 0 saturated carbocycles. The van der Waals surface area contributed by atoms with Crippen LogP contribution in [0.4, 0.5) is 11.4 Å². The summed E-state index contributed by atoms with van der Waals surface area (Å²) in [5.74, 6) is -0.155. The zero-order chi connectivity index (χ0) is 16.7. The number of carbonyl (C=O) groups is 1. The highest BCUT2D eigenvalue weighted by Crippen LogP contribution is 2.11. The Balaban J connectivity index is 1.84. The fourth-order valence-electron chi connectivity index (χ4n) is 2.06. The molecule has 0 aromatic heterocycles. The van der Waals surface area contributed by atoms with E-state index in [1.54, 1.807) is 6.21 Å². The van der Waals surface area contributed by atoms with Crippen LogP contribution in [-0.2, 0) is 4.79 Å². The highest BCUT2D eigenvalue weighted by Gasteiger charge is 2.05. The van der Waals surface area contributed by atoms with Gasteiger partial charge in [0.1, 0.15) is 0 Å². The van der Waals surface area contributed by atoms with Crippen molar-refractivity contribution in [2.24, 2.45) is 5.10 Å². The van der Waals surface area contributed by atoms with Crippen LogP contribution < -0.4 is 15.2 Å². The van der Waals surface area contributed by atoms with Crippen LogP contribution in [0.1, 0.15) is 5.56 Å². The lowest BCUT2D eigenvalue weighted by molar-refractivity contribution is -0.119. The second kappa shape index (κ2) is 7.98. The molecule has 1 N–H and O–H groups in total. The van der Waals surface area contributed by atoms with Crippen molar-refractivity contribution in [3.63, 3.8) is 0 Å². The minimum Gasteiger partial charge on any atom is -0.378 e. The van der Waals surface area contributed by atoms with E-state index in [2.05, 4.69) is 10.5 Å². The van der Waals surface area contributed by atoms with Gasteiger partial charge in [-0.15, -0.1) is 0 Å². The summed E-state index contributed by atoms with van der Waals surface area (Å²) in [6, 6.07) is 17.7. The predicted molar refractivity (Wildman–Crippen MR) is 96.2 cm³/mol. The number of likely N-dealkylation sites (N-methyl/N-ethyl adjacent to an activating group) is 1. The van der Waals surface area contributed by atoms with E-state index < -0.39 is 0 Å². The lowest BCUT2D eigenvalue weighted by atomic mass is 10.2. The molecule has 5 heteroatoms. The Labute approximate surface area is 137 Å². The standard InChI is InChI=1S/C18H22N4O/c1-21(2)16-11-9-15(10-12-16)13-19-20-18(23)14-22(3)17-7-5-4-6-8-17/h4-13H,14H2,1-3H3,(H,20,23). The largest absolute Gasteiger partial charge is 0.378 e. The quantitative estimate of drug-likeness (QED) is 0.658. The first-order chi connectivity index (χ1) is 11.1. The zero-order valence-corrected chi connectivity index (χ0v) is 13.7. The van der Waals surface area contributed by atoms with Gasteiger partial charge < -0.3 is 9.80 Å². The molecule has 0 radical (unpaired) electrons. The maximum absolute atomic E-state index is 11.9. The molecule has 0 atom stereocenters. The van der Waals surface area contributed by atoms with Gasteiger partial charge in [-0.3, -0.25) is 4.79 Å². The predicted octanol–water partition coefficient (Wildman–Crippen LogP) is 2.34. The van der Waals surface area contributed by atoms with Crippen LogP contribution >= 0.6 is 0 Å². The highest BCUT2D eigenvalue weighted by molar-refractivity contribution is 5.84. The van der Waals surface area contributed by atoms with Gasteiger partial charge in [0, 0.05) is 32.5 Å². The van der Waals surface area contributed by atoms with Crippen LogP contribution in [0.2, 0.25) is 0 Å². The summed E-state index contributed by atoms with van der Waals surface area (Å²) in [6.45, 7) is 0.251. The molecule has 2 aromatic rings. The van der Waals surface area contributed by atoms with Crippen molar-refractivity contribution < 1.29 is 4.79 Å². The van der Waals surface area contributed by atoms with E-state index in [1.807, 2.05) is 85.5 Å². The molecule has 0 fully saturated rings. The van der Waals surface area contributed by atoms with Crippen molar-refractivity contribution in [1.82, 2.24) is 5.43 Å². The Morgan fingerprint density at radius 3 is 2.26 bits per heavy atom. The number of anilines is 2. The van der Waals surface area contributed by atoms with E-state index >= 15 is 0 Å². The van der Waals surface area contributed by atoms with E-state index in [9.17, 15) is 4.79 Å². The van der Waals surface area contributed by atoms with Gasteiger partial charge in [-0.25, -0.2) is 5.43 Å². The van der Waals surface area contributed by atoms with Crippen LogP contribution in [0.15, 0.2) is 59.7 Å². The molecule has 0 heterocycles. The molecule has 0 bridgehead atoms. The van der Waals surface area contributed by atoms with Gasteiger partial charge in [0.25, 0.3) is 5.91 Å². The molecule has 0 aliphatic rings. The number of benzene rings is 2. The summed E-state index contributed by atoms with van der Waals surface area (Å²) >= 11 is 0. The minimum atomic E-state index is -0.155. The van der Waals surface area contributed by atoms with E-state index in [0.29, 0.717) is 0 Å². The normalized spacial score (nSPS) is 10.6. The Morgan fingerprint density at radius 2 is 1.65 bits per heavy atom. The first-order valence-corrected chi connectivity index (χ1v) is 7.42. The smallest absolute Gasteiger partial charge is 0.259 e. The summed E-state index contributed by atoms with van der Waals surface area (Å²) in [6.07, 6.45) is 1.64. The van der Waals surface area contributed by atoms with Gasteiger partial charge in [0.15, 0.2) is 0 Å². The third-order valence-corrected chi connectivity index (χ3v) is 3.39. The Bertz CT molecular complexity index is 650. The van der Waals surface area contributed by atoms with Crippen LogP contribution in [0.5, 0.6) is 0 Å². The molecular weight excluding hydrogens is 288 g/mol. The van der Waals surface area contributed by atoms with E-state index in [4.69, 9.17) is 0 Å². The highest BCUT2D eigenvalue weighted by atomic mass is 16.2. The van der Waals surface area contributed by atoms with Crippen LogP contribution in [-0.4, -0.2) is 39.8 Å². The number of nitrogens with zero attached hydrogens (tertiary/aromatic N) is 3. The van der Waals surface area contributed by atoms with Gasteiger partial charge in [-0.05, 0) is 29.8 Å². The van der Waals surface area contributed by atoms with Gasteiger partial charge in [0.05, 0.1) is 12.8 Å². The molecule has 2 rings (SSSR count). The number of nitrogens with one attached hydrogen (secondary N) is 1. The maximum atomic E-state index is 11.9. The van der Waals surface area contributed by atoms with Crippen LogP contribution in [0, 0.1) is 0 Å². The summed E-state index contributed by atoms with van der Waals surface area (Å²) in [4.78, 5) is 15.8. The minimum absolute atomic E-state index is 0.155. The number of hydrazone groups is 1. The number of hydrogen-bond acceptors (Lipinski definition) is 4. The van der Waals surface area contributed by atoms with E-state index in [-0.39, 0.29) is 12.5 Å².